The number of anilines is 1. The molecular formula is C9H11BrN2O4. The highest BCUT2D eigenvalue weighted by molar-refractivity contribution is 9.10. The molecule has 0 amide bonds. The number of non-ortho nitro benzene ring substituents is 1. The van der Waals surface area contributed by atoms with Gasteiger partial charge in [0.2, 0.25) is 0 Å². The largest absolute Gasteiger partial charge is 0.394 e. The van der Waals surface area contributed by atoms with Gasteiger partial charge in [-0.3, -0.25) is 10.1 Å². The van der Waals surface area contributed by atoms with E-state index in [4.69, 9.17) is 10.2 Å². The molecule has 0 heterocycles. The lowest BCUT2D eigenvalue weighted by atomic mass is 10.2. The molecule has 1 atom stereocenters. The molecule has 3 N–H and O–H groups in total. The molecule has 0 aliphatic heterocycles. The fourth-order valence-electron chi connectivity index (χ4n) is 1.05. The summed E-state index contributed by atoms with van der Waals surface area (Å²) >= 11 is 3.18. The van der Waals surface area contributed by atoms with Crippen LogP contribution in [0.2, 0.25) is 0 Å². The van der Waals surface area contributed by atoms with Crippen LogP contribution in [-0.2, 0) is 0 Å². The third-order valence-electron chi connectivity index (χ3n) is 1.90. The number of hydrogen-bond acceptors (Lipinski definition) is 5. The first-order chi connectivity index (χ1) is 7.54. The Morgan fingerprint density at radius 1 is 1.56 bits per heavy atom. The van der Waals surface area contributed by atoms with Gasteiger partial charge in [0.1, 0.15) is 0 Å². The van der Waals surface area contributed by atoms with Crippen LogP contribution in [0.1, 0.15) is 0 Å². The SMILES string of the molecule is O=[N+]([O-])c1ccc(NCC(O)CO)c(Br)c1. The van der Waals surface area contributed by atoms with Gasteiger partial charge in [0.05, 0.1) is 17.6 Å². The lowest BCUT2D eigenvalue weighted by Crippen LogP contribution is -2.23. The summed E-state index contributed by atoms with van der Waals surface area (Å²) in [6.45, 7) is -0.162. The molecule has 6 nitrogen and oxygen atoms in total. The highest BCUT2D eigenvalue weighted by Gasteiger charge is 2.09. The van der Waals surface area contributed by atoms with Gasteiger partial charge in [0, 0.05) is 28.8 Å². The molecule has 0 fully saturated rings. The van der Waals surface area contributed by atoms with Crippen LogP contribution in [-0.4, -0.2) is 34.4 Å². The summed E-state index contributed by atoms with van der Waals surface area (Å²) in [4.78, 5) is 9.98. The topological polar surface area (TPSA) is 95.6 Å². The Labute approximate surface area is 100 Å². The van der Waals surface area contributed by atoms with Gasteiger partial charge in [0.25, 0.3) is 5.69 Å². The van der Waals surface area contributed by atoms with E-state index < -0.39 is 11.0 Å². The van der Waals surface area contributed by atoms with Crippen LogP contribution in [0.5, 0.6) is 0 Å². The minimum absolute atomic E-state index is 0.0138. The van der Waals surface area contributed by atoms with Crippen molar-refractivity contribution in [2.75, 3.05) is 18.5 Å². The van der Waals surface area contributed by atoms with Crippen molar-refractivity contribution in [3.8, 4) is 0 Å². The second-order valence-corrected chi connectivity index (χ2v) is 3.99. The van der Waals surface area contributed by atoms with E-state index in [1.165, 1.54) is 18.2 Å². The zero-order valence-corrected chi connectivity index (χ0v) is 9.85. The Morgan fingerprint density at radius 3 is 2.75 bits per heavy atom. The van der Waals surface area contributed by atoms with Crippen molar-refractivity contribution >= 4 is 27.3 Å². The first kappa shape index (κ1) is 12.9. The number of rotatable bonds is 5. The zero-order chi connectivity index (χ0) is 12.1. The van der Waals surface area contributed by atoms with E-state index in [1.54, 1.807) is 0 Å². The number of aliphatic hydroxyl groups is 2. The molecule has 0 bridgehead atoms. The first-order valence-corrected chi connectivity index (χ1v) is 5.30. The standard InChI is InChI=1S/C9H11BrN2O4/c10-8-3-6(12(15)16)1-2-9(8)11-4-7(14)5-13/h1-3,7,11,13-14H,4-5H2. The average Bonchev–Trinajstić information content (AvgIpc) is 2.26. The van der Waals surface area contributed by atoms with Gasteiger partial charge < -0.3 is 15.5 Å². The van der Waals surface area contributed by atoms with Gasteiger partial charge in [-0.2, -0.15) is 0 Å². The van der Waals surface area contributed by atoms with E-state index in [2.05, 4.69) is 21.2 Å². The Bertz CT molecular complexity index is 386. The molecule has 1 rings (SSSR count). The number of nitrogens with one attached hydrogen (secondary N) is 1. The predicted octanol–water partition coefficient (Wildman–Crippen LogP) is 1.12. The van der Waals surface area contributed by atoms with E-state index in [0.717, 1.165) is 0 Å². The summed E-state index contributed by atoms with van der Waals surface area (Å²) in [6.07, 6.45) is -0.859. The third-order valence-corrected chi connectivity index (χ3v) is 2.56. The van der Waals surface area contributed by atoms with Gasteiger partial charge in [0.15, 0.2) is 0 Å². The van der Waals surface area contributed by atoms with Crippen molar-refractivity contribution in [1.29, 1.82) is 0 Å². The molecule has 7 heteroatoms. The van der Waals surface area contributed by atoms with Crippen LogP contribution in [0.25, 0.3) is 0 Å². The van der Waals surface area contributed by atoms with Gasteiger partial charge in [-0.05, 0) is 22.0 Å². The highest BCUT2D eigenvalue weighted by atomic mass is 79.9. The molecule has 0 radical (unpaired) electrons. The summed E-state index contributed by atoms with van der Waals surface area (Å²) in [5.74, 6) is 0. The number of nitro groups is 1. The number of nitrogens with zero attached hydrogens (tertiary/aromatic N) is 1. The molecule has 0 aromatic heterocycles. The van der Waals surface area contributed by atoms with Crippen LogP contribution in [0.4, 0.5) is 11.4 Å². The fraction of sp³-hybridized carbons (Fsp3) is 0.333. The van der Waals surface area contributed by atoms with Crippen molar-refractivity contribution in [1.82, 2.24) is 0 Å². The lowest BCUT2D eigenvalue weighted by molar-refractivity contribution is -0.384. The zero-order valence-electron chi connectivity index (χ0n) is 8.26. The van der Waals surface area contributed by atoms with Crippen LogP contribution in [0.3, 0.4) is 0 Å². The minimum Gasteiger partial charge on any atom is -0.394 e. The van der Waals surface area contributed by atoms with Crippen LogP contribution < -0.4 is 5.32 Å². The molecular weight excluding hydrogens is 280 g/mol. The van der Waals surface area contributed by atoms with E-state index >= 15 is 0 Å². The second-order valence-electron chi connectivity index (χ2n) is 3.14. The molecule has 0 saturated carbocycles. The summed E-state index contributed by atoms with van der Waals surface area (Å²) in [6, 6.07) is 4.26. The number of aliphatic hydroxyl groups excluding tert-OH is 2. The van der Waals surface area contributed by atoms with Crippen molar-refractivity contribution < 1.29 is 15.1 Å². The van der Waals surface area contributed by atoms with E-state index in [-0.39, 0.29) is 18.8 Å². The average molecular weight is 291 g/mol. The predicted molar refractivity (Wildman–Crippen MR) is 62.4 cm³/mol. The van der Waals surface area contributed by atoms with Crippen molar-refractivity contribution in [2.24, 2.45) is 0 Å². The molecule has 0 saturated heterocycles. The quantitative estimate of drug-likeness (QED) is 0.558. The van der Waals surface area contributed by atoms with Gasteiger partial charge in [-0.15, -0.1) is 0 Å². The van der Waals surface area contributed by atoms with Crippen LogP contribution >= 0.6 is 15.9 Å². The molecule has 0 spiro atoms. The molecule has 1 aromatic carbocycles. The van der Waals surface area contributed by atoms with E-state index in [0.29, 0.717) is 10.2 Å². The monoisotopic (exact) mass is 290 g/mol. The van der Waals surface area contributed by atoms with Gasteiger partial charge >= 0.3 is 0 Å². The second kappa shape index (κ2) is 5.78. The molecule has 1 unspecified atom stereocenters. The first-order valence-electron chi connectivity index (χ1n) is 4.51. The third kappa shape index (κ3) is 3.44. The Kier molecular flexibility index (Phi) is 4.66. The summed E-state index contributed by atoms with van der Waals surface area (Å²) in [5.41, 5.74) is 0.609. The fourth-order valence-corrected chi connectivity index (χ4v) is 1.56. The minimum atomic E-state index is -0.859. The Balaban J connectivity index is 2.72. The maximum atomic E-state index is 10.5. The number of halogens is 1. The Hall–Kier alpha value is -1.18. The van der Waals surface area contributed by atoms with Crippen molar-refractivity contribution in [3.63, 3.8) is 0 Å². The van der Waals surface area contributed by atoms with E-state index in [9.17, 15) is 10.1 Å². The molecule has 88 valence electrons. The van der Waals surface area contributed by atoms with Crippen LogP contribution in [0, 0.1) is 10.1 Å². The maximum absolute atomic E-state index is 10.5. The smallest absolute Gasteiger partial charge is 0.270 e. The van der Waals surface area contributed by atoms with Crippen LogP contribution in [0.15, 0.2) is 22.7 Å². The maximum Gasteiger partial charge on any atom is 0.270 e. The van der Waals surface area contributed by atoms with Gasteiger partial charge in [-0.1, -0.05) is 0 Å². The lowest BCUT2D eigenvalue weighted by Gasteiger charge is -2.11. The summed E-state index contributed by atoms with van der Waals surface area (Å²) in [7, 11) is 0. The Morgan fingerprint density at radius 2 is 2.25 bits per heavy atom. The molecule has 16 heavy (non-hydrogen) atoms. The van der Waals surface area contributed by atoms with Crippen molar-refractivity contribution in [2.45, 2.75) is 6.10 Å². The normalized spacial score (nSPS) is 12.2. The van der Waals surface area contributed by atoms with E-state index in [1.807, 2.05) is 0 Å². The van der Waals surface area contributed by atoms with Crippen molar-refractivity contribution in [3.05, 3.63) is 32.8 Å². The summed E-state index contributed by atoms with van der Waals surface area (Å²) < 4.78 is 0.534. The number of hydrogen-bond donors (Lipinski definition) is 3. The summed E-state index contributed by atoms with van der Waals surface area (Å²) in [5, 5.41) is 31.0. The molecule has 1 aromatic rings. The highest BCUT2D eigenvalue weighted by Crippen LogP contribution is 2.26. The number of benzene rings is 1. The molecule has 0 aliphatic rings. The van der Waals surface area contributed by atoms with Gasteiger partial charge in [-0.25, -0.2) is 0 Å². The number of nitro benzene ring substituents is 1. The molecule has 0 aliphatic carbocycles.